The zero-order valence-electron chi connectivity index (χ0n) is 10.9. The lowest BCUT2D eigenvalue weighted by molar-refractivity contribution is -0.122. The fourth-order valence-corrected chi connectivity index (χ4v) is 2.20. The molecule has 1 aliphatic carbocycles. The lowest BCUT2D eigenvalue weighted by Crippen LogP contribution is -2.27. The molecule has 4 nitrogen and oxygen atoms in total. The molecule has 0 bridgehead atoms. The summed E-state index contributed by atoms with van der Waals surface area (Å²) in [4.78, 5) is 11.8. The molecule has 0 aliphatic heterocycles. The molecule has 0 atom stereocenters. The Kier molecular flexibility index (Phi) is 3.07. The van der Waals surface area contributed by atoms with Gasteiger partial charge in [-0.25, -0.2) is 0 Å². The summed E-state index contributed by atoms with van der Waals surface area (Å²) in [6.07, 6.45) is 3.22. The van der Waals surface area contributed by atoms with Crippen LogP contribution in [0.5, 0.6) is 0 Å². The van der Waals surface area contributed by atoms with Gasteiger partial charge in [-0.3, -0.25) is 9.89 Å². The first-order valence-electron chi connectivity index (χ1n) is 6.66. The van der Waals surface area contributed by atoms with Gasteiger partial charge < -0.3 is 5.32 Å². The second kappa shape index (κ2) is 4.88. The normalized spacial score (nSPS) is 15.0. The molecule has 0 unspecified atom stereocenters. The van der Waals surface area contributed by atoms with Gasteiger partial charge in [0.1, 0.15) is 0 Å². The predicted octanol–water partition coefficient (Wildman–Crippen LogP) is 3.12. The summed E-state index contributed by atoms with van der Waals surface area (Å²) in [5.74, 6) is 0.364. The van der Waals surface area contributed by atoms with Crippen molar-refractivity contribution in [3.63, 3.8) is 0 Å². The van der Waals surface area contributed by atoms with Crippen LogP contribution in [-0.2, 0) is 4.79 Å². The number of nitrogens with one attached hydrogen (secondary N) is 2. The Bertz CT molecular complexity index is 582. The second-order valence-electron chi connectivity index (χ2n) is 5.13. The number of carbonyl (C=O) groups excluding carboxylic acids is 1. The predicted molar refractivity (Wildman–Crippen MR) is 74.7 cm³/mol. The van der Waals surface area contributed by atoms with Gasteiger partial charge in [0.05, 0.1) is 5.69 Å². The first-order chi connectivity index (χ1) is 9.22. The number of rotatable bonds is 3. The lowest BCUT2D eigenvalue weighted by Gasteiger charge is -2.24. The van der Waals surface area contributed by atoms with Crippen LogP contribution in [0, 0.1) is 12.8 Å². The minimum absolute atomic E-state index is 0.148. The van der Waals surface area contributed by atoms with Gasteiger partial charge in [-0.2, -0.15) is 5.10 Å². The van der Waals surface area contributed by atoms with Crippen LogP contribution in [0.25, 0.3) is 11.3 Å². The zero-order valence-corrected chi connectivity index (χ0v) is 10.9. The third-order valence-electron chi connectivity index (χ3n) is 3.63. The van der Waals surface area contributed by atoms with Crippen molar-refractivity contribution in [3.05, 3.63) is 36.0 Å². The molecule has 2 N–H and O–H groups in total. The Morgan fingerprint density at radius 3 is 2.58 bits per heavy atom. The standard InChI is InChI=1S/C15H17N3O/c1-10-9-14(18-17-10)11-5-7-13(8-6-11)16-15(19)12-3-2-4-12/h5-9,12H,2-4H2,1H3,(H,16,19)(H,17,18). The summed E-state index contributed by atoms with van der Waals surface area (Å²) in [6.45, 7) is 1.98. The average molecular weight is 255 g/mol. The number of hydrogen-bond acceptors (Lipinski definition) is 2. The van der Waals surface area contributed by atoms with Crippen LogP contribution in [0.1, 0.15) is 25.0 Å². The molecule has 1 fully saturated rings. The number of amides is 1. The summed E-state index contributed by atoms with van der Waals surface area (Å²) in [5.41, 5.74) is 3.87. The first-order valence-corrected chi connectivity index (χ1v) is 6.66. The highest BCUT2D eigenvalue weighted by Gasteiger charge is 2.24. The zero-order chi connectivity index (χ0) is 13.2. The number of carbonyl (C=O) groups is 1. The molecule has 0 spiro atoms. The fraction of sp³-hybridized carbons (Fsp3) is 0.333. The largest absolute Gasteiger partial charge is 0.326 e. The Labute approximate surface area is 112 Å². The van der Waals surface area contributed by atoms with E-state index in [-0.39, 0.29) is 11.8 Å². The quantitative estimate of drug-likeness (QED) is 0.885. The number of hydrogen-bond donors (Lipinski definition) is 2. The van der Waals surface area contributed by atoms with Crippen LogP contribution in [0.2, 0.25) is 0 Å². The van der Waals surface area contributed by atoms with Crippen molar-refractivity contribution in [3.8, 4) is 11.3 Å². The molecule has 19 heavy (non-hydrogen) atoms. The number of aromatic nitrogens is 2. The molecule has 1 saturated carbocycles. The Morgan fingerprint density at radius 2 is 2.05 bits per heavy atom. The topological polar surface area (TPSA) is 57.8 Å². The average Bonchev–Trinajstić information content (AvgIpc) is 2.74. The van der Waals surface area contributed by atoms with E-state index < -0.39 is 0 Å². The maximum absolute atomic E-state index is 11.8. The highest BCUT2D eigenvalue weighted by Crippen LogP contribution is 2.28. The number of H-pyrrole nitrogens is 1. The molecule has 1 aromatic heterocycles. The van der Waals surface area contributed by atoms with Gasteiger partial charge in [-0.05, 0) is 38.0 Å². The SMILES string of the molecule is Cc1cc(-c2ccc(NC(=O)C3CCC3)cc2)n[nH]1. The molecule has 1 heterocycles. The van der Waals surface area contributed by atoms with Crippen molar-refractivity contribution < 1.29 is 4.79 Å². The number of benzene rings is 1. The lowest BCUT2D eigenvalue weighted by atomic mass is 9.85. The molecule has 3 rings (SSSR count). The Morgan fingerprint density at radius 1 is 1.32 bits per heavy atom. The molecule has 0 radical (unpaired) electrons. The number of anilines is 1. The molecule has 4 heteroatoms. The van der Waals surface area contributed by atoms with Crippen LogP contribution in [0.15, 0.2) is 30.3 Å². The monoisotopic (exact) mass is 255 g/mol. The summed E-state index contributed by atoms with van der Waals surface area (Å²) < 4.78 is 0. The van der Waals surface area contributed by atoms with Gasteiger partial charge in [-0.1, -0.05) is 18.6 Å². The number of aromatic amines is 1. The van der Waals surface area contributed by atoms with E-state index in [4.69, 9.17) is 0 Å². The van der Waals surface area contributed by atoms with E-state index in [1.54, 1.807) is 0 Å². The van der Waals surface area contributed by atoms with E-state index in [1.807, 2.05) is 37.3 Å². The van der Waals surface area contributed by atoms with Crippen LogP contribution >= 0.6 is 0 Å². The van der Waals surface area contributed by atoms with E-state index in [0.717, 1.165) is 35.5 Å². The van der Waals surface area contributed by atoms with Gasteiger partial charge in [0.15, 0.2) is 0 Å². The third-order valence-corrected chi connectivity index (χ3v) is 3.63. The van der Waals surface area contributed by atoms with Crippen LogP contribution in [0.4, 0.5) is 5.69 Å². The molecular weight excluding hydrogens is 238 g/mol. The van der Waals surface area contributed by atoms with Crippen molar-refractivity contribution in [1.82, 2.24) is 10.2 Å². The molecule has 98 valence electrons. The van der Waals surface area contributed by atoms with E-state index in [1.165, 1.54) is 6.42 Å². The maximum atomic E-state index is 11.8. The van der Waals surface area contributed by atoms with E-state index in [0.29, 0.717) is 0 Å². The van der Waals surface area contributed by atoms with Crippen molar-refractivity contribution in [2.75, 3.05) is 5.32 Å². The van der Waals surface area contributed by atoms with Crippen molar-refractivity contribution >= 4 is 11.6 Å². The van der Waals surface area contributed by atoms with Gasteiger partial charge in [0, 0.05) is 22.9 Å². The van der Waals surface area contributed by atoms with Crippen LogP contribution in [0.3, 0.4) is 0 Å². The van der Waals surface area contributed by atoms with Gasteiger partial charge in [0.2, 0.25) is 5.91 Å². The molecule has 1 amide bonds. The maximum Gasteiger partial charge on any atom is 0.227 e. The first kappa shape index (κ1) is 12.0. The third kappa shape index (κ3) is 2.52. The molecule has 1 aromatic carbocycles. The van der Waals surface area contributed by atoms with E-state index in [2.05, 4.69) is 15.5 Å². The number of nitrogens with zero attached hydrogens (tertiary/aromatic N) is 1. The summed E-state index contributed by atoms with van der Waals surface area (Å²) in [7, 11) is 0. The molecule has 0 saturated heterocycles. The van der Waals surface area contributed by atoms with Gasteiger partial charge in [-0.15, -0.1) is 0 Å². The van der Waals surface area contributed by atoms with Gasteiger partial charge >= 0.3 is 0 Å². The van der Waals surface area contributed by atoms with E-state index in [9.17, 15) is 4.79 Å². The van der Waals surface area contributed by atoms with Crippen molar-refractivity contribution in [2.24, 2.45) is 5.92 Å². The fourth-order valence-electron chi connectivity index (χ4n) is 2.20. The van der Waals surface area contributed by atoms with Crippen LogP contribution < -0.4 is 5.32 Å². The molecule has 1 aliphatic rings. The Hall–Kier alpha value is -2.10. The summed E-state index contributed by atoms with van der Waals surface area (Å²) in [6, 6.07) is 9.81. The number of aryl methyl sites for hydroxylation is 1. The Balaban J connectivity index is 1.70. The summed E-state index contributed by atoms with van der Waals surface area (Å²) in [5, 5.41) is 10.1. The van der Waals surface area contributed by atoms with Crippen molar-refractivity contribution in [2.45, 2.75) is 26.2 Å². The minimum atomic E-state index is 0.148. The molecular formula is C15H17N3O. The molecule has 2 aromatic rings. The summed E-state index contributed by atoms with van der Waals surface area (Å²) >= 11 is 0. The smallest absolute Gasteiger partial charge is 0.227 e. The highest BCUT2D eigenvalue weighted by molar-refractivity contribution is 5.93. The highest BCUT2D eigenvalue weighted by atomic mass is 16.1. The second-order valence-corrected chi connectivity index (χ2v) is 5.13. The van der Waals surface area contributed by atoms with Gasteiger partial charge in [0.25, 0.3) is 0 Å². The minimum Gasteiger partial charge on any atom is -0.326 e. The van der Waals surface area contributed by atoms with Crippen LogP contribution in [-0.4, -0.2) is 16.1 Å². The van der Waals surface area contributed by atoms with E-state index >= 15 is 0 Å². The van der Waals surface area contributed by atoms with Crippen molar-refractivity contribution in [1.29, 1.82) is 0 Å².